The molecule has 2 aliphatic rings. The molecule has 1 atom stereocenters. The molecule has 33 heavy (non-hydrogen) atoms. The summed E-state index contributed by atoms with van der Waals surface area (Å²) in [7, 11) is 0. The fraction of sp³-hybridized carbons (Fsp3) is 0.333. The van der Waals surface area contributed by atoms with E-state index in [1.165, 1.54) is 0 Å². The lowest BCUT2D eigenvalue weighted by Crippen LogP contribution is -2.48. The van der Waals surface area contributed by atoms with Crippen LogP contribution in [0.25, 0.3) is 5.70 Å². The fourth-order valence-corrected chi connectivity index (χ4v) is 4.19. The molecule has 8 nitrogen and oxygen atoms in total. The van der Waals surface area contributed by atoms with Crippen LogP contribution >= 0.6 is 11.6 Å². The van der Waals surface area contributed by atoms with Crippen LogP contribution in [0.2, 0.25) is 5.02 Å². The topological polar surface area (TPSA) is 118 Å². The van der Waals surface area contributed by atoms with Crippen molar-refractivity contribution in [3.05, 3.63) is 69.4 Å². The largest absolute Gasteiger partial charge is 0.785 e. The molecule has 2 aliphatic heterocycles. The summed E-state index contributed by atoms with van der Waals surface area (Å²) in [4.78, 5) is 17.0. The van der Waals surface area contributed by atoms with Crippen LogP contribution in [0.3, 0.4) is 0 Å². The van der Waals surface area contributed by atoms with Crippen LogP contribution in [0.5, 0.6) is 0 Å². The first-order valence-corrected chi connectivity index (χ1v) is 11.4. The van der Waals surface area contributed by atoms with Gasteiger partial charge in [-0.2, -0.15) is 0 Å². The molecule has 0 spiro atoms. The molecule has 0 radical (unpaired) electrons. The number of hydroxylamine groups is 2. The molecule has 0 bridgehead atoms. The maximum atomic E-state index is 12.3. The van der Waals surface area contributed by atoms with E-state index in [0.29, 0.717) is 30.3 Å². The third-order valence-corrected chi connectivity index (χ3v) is 5.81. The minimum absolute atomic E-state index is 0.116. The number of unbranched alkanes of at least 4 members (excludes halogenated alkanes) is 1. The highest BCUT2D eigenvalue weighted by Crippen LogP contribution is 2.35. The third kappa shape index (κ3) is 5.72. The van der Waals surface area contributed by atoms with Gasteiger partial charge in [0.15, 0.2) is 0 Å². The van der Waals surface area contributed by atoms with Gasteiger partial charge in [0, 0.05) is 34.6 Å². The number of anilines is 2. The number of benzene rings is 2. The van der Waals surface area contributed by atoms with E-state index in [4.69, 9.17) is 17.3 Å². The van der Waals surface area contributed by atoms with Crippen LogP contribution in [-0.2, 0) is 11.3 Å². The van der Waals surface area contributed by atoms with Gasteiger partial charge in [-0.3, -0.25) is 4.79 Å². The summed E-state index contributed by atoms with van der Waals surface area (Å²) in [6.07, 6.45) is 3.59. The number of rotatable bonds is 8. The summed E-state index contributed by atoms with van der Waals surface area (Å²) in [5.41, 5.74) is 10.4. The number of hydrogen-bond acceptors (Lipinski definition) is 7. The van der Waals surface area contributed by atoms with Crippen molar-refractivity contribution in [2.24, 2.45) is 10.7 Å². The van der Waals surface area contributed by atoms with Crippen LogP contribution in [0, 0.1) is 5.21 Å². The van der Waals surface area contributed by atoms with E-state index in [1.807, 2.05) is 37.3 Å². The number of hydrogen-bond donors (Lipinski definition) is 4. The second-order valence-electron chi connectivity index (χ2n) is 8.46. The van der Waals surface area contributed by atoms with E-state index >= 15 is 0 Å². The van der Waals surface area contributed by atoms with E-state index < -0.39 is 5.79 Å². The van der Waals surface area contributed by atoms with Crippen molar-refractivity contribution >= 4 is 40.8 Å². The lowest BCUT2D eigenvalue weighted by atomic mass is 10.0. The van der Waals surface area contributed by atoms with Crippen LogP contribution in [0.4, 0.5) is 11.4 Å². The Hall–Kier alpha value is -2.91. The summed E-state index contributed by atoms with van der Waals surface area (Å²) >= 11 is 6.14. The Morgan fingerprint density at radius 1 is 1.27 bits per heavy atom. The molecule has 2 aromatic rings. The van der Waals surface area contributed by atoms with Crippen molar-refractivity contribution in [3.63, 3.8) is 0 Å². The zero-order valence-corrected chi connectivity index (χ0v) is 19.3. The van der Waals surface area contributed by atoms with Gasteiger partial charge in [0.1, 0.15) is 0 Å². The van der Waals surface area contributed by atoms with Gasteiger partial charge in [-0.05, 0) is 68.8 Å². The fourth-order valence-electron chi connectivity index (χ4n) is 4.01. The van der Waals surface area contributed by atoms with E-state index in [1.54, 1.807) is 18.3 Å². The first-order valence-electron chi connectivity index (χ1n) is 11.0. The number of fused-ring (bicyclic) bond motifs is 2. The molecule has 174 valence electrons. The smallest absolute Gasteiger partial charge is 0.228 e. The minimum Gasteiger partial charge on any atom is -0.785 e. The van der Waals surface area contributed by atoms with E-state index in [9.17, 15) is 10.0 Å². The number of nitrogens with two attached hydrogens (primary N) is 1. The van der Waals surface area contributed by atoms with Gasteiger partial charge in [0.25, 0.3) is 0 Å². The van der Waals surface area contributed by atoms with Gasteiger partial charge >= 0.3 is 0 Å². The third-order valence-electron chi connectivity index (χ3n) is 5.58. The Bertz CT molecular complexity index is 1100. The van der Waals surface area contributed by atoms with Crippen molar-refractivity contribution in [2.45, 2.75) is 38.5 Å². The summed E-state index contributed by atoms with van der Waals surface area (Å²) in [6, 6.07) is 13.2. The molecule has 5 N–H and O–H groups in total. The first kappa shape index (κ1) is 23.3. The number of carbonyl (C=O) groups excluding carboxylic acids is 1. The molecule has 2 heterocycles. The SMILES string of the molecule is C[C@@]1(Nc2cccc(CN([O-])CCCCN)c2)N=CC2=C(N1)c1ccc(Cl)cc1NC(=O)C2. The number of aliphatic imine (C=N–C) groups is 1. The Kier molecular flexibility index (Phi) is 6.99. The standard InChI is InChI=1S/C24H28ClN6O2/c1-24(29-19-6-4-5-16(11-19)15-31(33)10-3-2-9-26)27-14-17-12-22(32)28-21-13-18(25)7-8-20(21)23(17)30-24/h4-8,11,13-14,29-30H,2-3,9-10,12,15,26H2,1H3,(H,28,32)/q-1/t24-/m0/s1. The highest BCUT2D eigenvalue weighted by Gasteiger charge is 2.31. The first-order chi connectivity index (χ1) is 15.8. The zero-order valence-electron chi connectivity index (χ0n) is 18.5. The van der Waals surface area contributed by atoms with Gasteiger partial charge in [-0.15, -0.1) is 0 Å². The van der Waals surface area contributed by atoms with E-state index in [0.717, 1.165) is 46.0 Å². The molecule has 9 heteroatoms. The molecule has 2 aromatic carbocycles. The highest BCUT2D eigenvalue weighted by atomic mass is 35.5. The maximum absolute atomic E-state index is 12.3. The molecule has 0 saturated heterocycles. The molecule has 0 fully saturated rings. The number of halogens is 1. The van der Waals surface area contributed by atoms with Gasteiger partial charge in [-0.25, -0.2) is 4.99 Å². The zero-order chi connectivity index (χ0) is 23.4. The van der Waals surface area contributed by atoms with Gasteiger partial charge in [0.05, 0.1) is 17.8 Å². The molecular weight excluding hydrogens is 440 g/mol. The maximum Gasteiger partial charge on any atom is 0.228 e. The minimum atomic E-state index is -0.847. The summed E-state index contributed by atoms with van der Waals surface area (Å²) in [6.45, 7) is 3.29. The van der Waals surface area contributed by atoms with E-state index in [-0.39, 0.29) is 12.3 Å². The Morgan fingerprint density at radius 3 is 2.94 bits per heavy atom. The number of amides is 1. The van der Waals surface area contributed by atoms with Gasteiger partial charge in [0.2, 0.25) is 11.7 Å². The molecule has 1 amide bonds. The molecule has 0 aliphatic carbocycles. The molecule has 0 aromatic heterocycles. The van der Waals surface area contributed by atoms with Gasteiger partial charge < -0.3 is 32.0 Å². The van der Waals surface area contributed by atoms with Crippen LogP contribution < -0.4 is 21.7 Å². The lowest BCUT2D eigenvalue weighted by molar-refractivity contribution is -0.115. The van der Waals surface area contributed by atoms with Crippen molar-refractivity contribution in [1.82, 2.24) is 10.4 Å². The summed E-state index contributed by atoms with van der Waals surface area (Å²) in [5.74, 6) is -0.963. The quantitative estimate of drug-likeness (QED) is 0.345. The van der Waals surface area contributed by atoms with Crippen LogP contribution in [-0.4, -0.2) is 36.1 Å². The predicted molar refractivity (Wildman–Crippen MR) is 134 cm³/mol. The second kappa shape index (κ2) is 9.93. The lowest BCUT2D eigenvalue weighted by Gasteiger charge is -2.35. The Balaban J connectivity index is 1.51. The molecule has 0 unspecified atom stereocenters. The van der Waals surface area contributed by atoms with Crippen molar-refractivity contribution in [3.8, 4) is 0 Å². The van der Waals surface area contributed by atoms with Crippen LogP contribution in [0.1, 0.15) is 37.3 Å². The van der Waals surface area contributed by atoms with Crippen molar-refractivity contribution in [2.75, 3.05) is 23.7 Å². The van der Waals surface area contributed by atoms with Crippen molar-refractivity contribution in [1.29, 1.82) is 0 Å². The summed E-state index contributed by atoms with van der Waals surface area (Å²) < 4.78 is 0. The number of nitrogens with one attached hydrogen (secondary N) is 3. The number of nitrogens with zero attached hydrogens (tertiary/aromatic N) is 2. The van der Waals surface area contributed by atoms with Crippen molar-refractivity contribution < 1.29 is 4.79 Å². The monoisotopic (exact) mass is 467 g/mol. The van der Waals surface area contributed by atoms with Gasteiger partial charge in [-0.1, -0.05) is 23.7 Å². The second-order valence-corrected chi connectivity index (χ2v) is 8.89. The normalized spacial score (nSPS) is 19.5. The molecule has 0 saturated carbocycles. The number of carbonyl (C=O) groups is 1. The summed E-state index contributed by atoms with van der Waals surface area (Å²) in [5, 5.41) is 23.6. The molecular formula is C24H28ClN6O2-. The average Bonchev–Trinajstić information content (AvgIpc) is 2.88. The Labute approximate surface area is 198 Å². The predicted octanol–water partition coefficient (Wildman–Crippen LogP) is 3.89. The molecule has 4 rings (SSSR count). The van der Waals surface area contributed by atoms with E-state index in [2.05, 4.69) is 20.9 Å². The average molecular weight is 468 g/mol. The highest BCUT2D eigenvalue weighted by molar-refractivity contribution is 6.31. The Morgan fingerprint density at radius 2 is 2.12 bits per heavy atom. The van der Waals surface area contributed by atoms with Crippen LogP contribution in [0.15, 0.2) is 53.0 Å².